The Morgan fingerprint density at radius 2 is 1.84 bits per heavy atom. The van der Waals surface area contributed by atoms with E-state index in [1.54, 1.807) is 24.3 Å². The molecule has 0 saturated carbocycles. The highest BCUT2D eigenvalue weighted by Gasteiger charge is 2.33. The van der Waals surface area contributed by atoms with Gasteiger partial charge in [-0.2, -0.15) is 0 Å². The Balaban J connectivity index is 2.06. The van der Waals surface area contributed by atoms with Gasteiger partial charge in [0.05, 0.1) is 24.5 Å². The zero-order chi connectivity index (χ0) is 18.0. The molecule has 0 spiro atoms. The molecule has 0 saturated heterocycles. The molecule has 1 atom stereocenters. The van der Waals surface area contributed by atoms with Crippen molar-refractivity contribution in [3.8, 4) is 5.75 Å². The van der Waals surface area contributed by atoms with Crippen LogP contribution in [-0.4, -0.2) is 33.2 Å². The van der Waals surface area contributed by atoms with Crippen LogP contribution in [0.2, 0.25) is 0 Å². The van der Waals surface area contributed by atoms with Gasteiger partial charge in [0.15, 0.2) is 9.84 Å². The molecule has 1 heterocycles. The molecule has 0 aliphatic carbocycles. The number of hydrogen-bond acceptors (Lipinski definition) is 4. The molecule has 0 aromatic heterocycles. The first-order chi connectivity index (χ1) is 11.9. The first kappa shape index (κ1) is 17.2. The van der Waals surface area contributed by atoms with Crippen molar-refractivity contribution >= 4 is 21.4 Å². The van der Waals surface area contributed by atoms with Crippen molar-refractivity contribution in [1.82, 2.24) is 0 Å². The van der Waals surface area contributed by atoms with Gasteiger partial charge in [0, 0.05) is 11.1 Å². The summed E-state index contributed by atoms with van der Waals surface area (Å²) in [6.45, 7) is 0. The molecule has 25 heavy (non-hydrogen) atoms. The summed E-state index contributed by atoms with van der Waals surface area (Å²) in [6.07, 6.45) is 1.46. The standard InChI is InChI=1S/C18H16FNO4S/c1-24-17-5-3-2-4-16(17)18(21)20(14-8-6-13(19)7-9-14)15-10-11-25(22,23)12-15/h2-11,15H,12H2,1H3/t15-/m0/s1. The average Bonchev–Trinajstić information content (AvgIpc) is 2.96. The van der Waals surface area contributed by atoms with E-state index in [2.05, 4.69) is 0 Å². The second kappa shape index (κ2) is 6.68. The lowest BCUT2D eigenvalue weighted by Gasteiger charge is -2.28. The Morgan fingerprint density at radius 1 is 1.16 bits per heavy atom. The minimum Gasteiger partial charge on any atom is -0.496 e. The van der Waals surface area contributed by atoms with Crippen LogP contribution in [0, 0.1) is 5.82 Å². The molecular weight excluding hydrogens is 345 g/mol. The van der Waals surface area contributed by atoms with Crippen molar-refractivity contribution in [2.24, 2.45) is 0 Å². The number of benzene rings is 2. The summed E-state index contributed by atoms with van der Waals surface area (Å²) in [4.78, 5) is 14.5. The number of halogens is 1. The predicted octanol–water partition coefficient (Wildman–Crippen LogP) is 2.79. The van der Waals surface area contributed by atoms with Crippen molar-refractivity contribution in [2.75, 3.05) is 17.8 Å². The fourth-order valence-electron chi connectivity index (χ4n) is 2.73. The minimum absolute atomic E-state index is 0.217. The number of amides is 1. The highest BCUT2D eigenvalue weighted by Crippen LogP contribution is 2.28. The van der Waals surface area contributed by atoms with Crippen LogP contribution in [0.3, 0.4) is 0 Å². The molecule has 1 amide bonds. The van der Waals surface area contributed by atoms with Crippen LogP contribution in [0.4, 0.5) is 10.1 Å². The van der Waals surface area contributed by atoms with Crippen LogP contribution in [0.5, 0.6) is 5.75 Å². The Morgan fingerprint density at radius 3 is 2.44 bits per heavy atom. The van der Waals surface area contributed by atoms with Gasteiger partial charge in [-0.05, 0) is 42.5 Å². The first-order valence-electron chi connectivity index (χ1n) is 7.54. The van der Waals surface area contributed by atoms with E-state index in [-0.39, 0.29) is 5.75 Å². The van der Waals surface area contributed by atoms with E-state index in [9.17, 15) is 17.6 Å². The monoisotopic (exact) mass is 361 g/mol. The number of rotatable bonds is 4. The van der Waals surface area contributed by atoms with Crippen LogP contribution in [0.15, 0.2) is 60.0 Å². The third kappa shape index (κ3) is 3.56. The van der Waals surface area contributed by atoms with Gasteiger partial charge in [0.1, 0.15) is 11.6 Å². The molecule has 0 radical (unpaired) electrons. The molecule has 0 unspecified atom stereocenters. The van der Waals surface area contributed by atoms with E-state index in [4.69, 9.17) is 4.74 Å². The molecule has 2 aromatic rings. The topological polar surface area (TPSA) is 63.7 Å². The summed E-state index contributed by atoms with van der Waals surface area (Å²) in [7, 11) is -1.92. The number of methoxy groups -OCH3 is 1. The van der Waals surface area contributed by atoms with Gasteiger partial charge < -0.3 is 9.64 Å². The molecule has 130 valence electrons. The van der Waals surface area contributed by atoms with Gasteiger partial charge in [-0.15, -0.1) is 0 Å². The van der Waals surface area contributed by atoms with Crippen LogP contribution >= 0.6 is 0 Å². The summed E-state index contributed by atoms with van der Waals surface area (Å²) in [5.41, 5.74) is 0.705. The van der Waals surface area contributed by atoms with Crippen LogP contribution in [0.1, 0.15) is 10.4 Å². The van der Waals surface area contributed by atoms with Gasteiger partial charge in [-0.3, -0.25) is 4.79 Å². The van der Waals surface area contributed by atoms with Gasteiger partial charge in [-0.1, -0.05) is 12.1 Å². The van der Waals surface area contributed by atoms with Crippen molar-refractivity contribution < 1.29 is 22.3 Å². The highest BCUT2D eigenvalue weighted by atomic mass is 32.2. The maximum Gasteiger partial charge on any atom is 0.262 e. The first-order valence-corrected chi connectivity index (χ1v) is 9.26. The molecule has 1 aliphatic rings. The fourth-order valence-corrected chi connectivity index (χ4v) is 4.00. The van der Waals surface area contributed by atoms with E-state index < -0.39 is 27.6 Å². The lowest BCUT2D eigenvalue weighted by Crippen LogP contribution is -2.41. The number of carbonyl (C=O) groups is 1. The Hall–Kier alpha value is -2.67. The Kier molecular flexibility index (Phi) is 4.59. The van der Waals surface area contributed by atoms with Crippen LogP contribution in [0.25, 0.3) is 0 Å². The lowest BCUT2D eigenvalue weighted by atomic mass is 10.1. The fraction of sp³-hybridized carbons (Fsp3) is 0.167. The van der Waals surface area contributed by atoms with Gasteiger partial charge in [0.25, 0.3) is 5.91 Å². The number of carbonyl (C=O) groups excluding carboxylic acids is 1. The maximum absolute atomic E-state index is 13.3. The normalized spacial score (nSPS) is 18.1. The molecule has 2 aromatic carbocycles. The second-order valence-corrected chi connectivity index (χ2v) is 7.51. The van der Waals surface area contributed by atoms with E-state index in [0.717, 1.165) is 5.41 Å². The number of para-hydroxylation sites is 1. The van der Waals surface area contributed by atoms with Gasteiger partial charge in [0.2, 0.25) is 0 Å². The number of sulfone groups is 1. The zero-order valence-electron chi connectivity index (χ0n) is 13.4. The quantitative estimate of drug-likeness (QED) is 0.840. The number of hydrogen-bond donors (Lipinski definition) is 0. The summed E-state index contributed by atoms with van der Waals surface area (Å²) in [6, 6.07) is 11.4. The highest BCUT2D eigenvalue weighted by molar-refractivity contribution is 7.94. The smallest absolute Gasteiger partial charge is 0.262 e. The van der Waals surface area contributed by atoms with Crippen molar-refractivity contribution in [2.45, 2.75) is 6.04 Å². The third-order valence-corrected chi connectivity index (χ3v) is 5.28. The maximum atomic E-state index is 13.3. The third-order valence-electron chi connectivity index (χ3n) is 3.90. The lowest BCUT2D eigenvalue weighted by molar-refractivity contribution is 0.0980. The largest absolute Gasteiger partial charge is 0.496 e. The zero-order valence-corrected chi connectivity index (χ0v) is 14.2. The molecule has 3 rings (SSSR count). The summed E-state index contributed by atoms with van der Waals surface area (Å²) in [5.74, 6) is -0.700. The molecular formula is C18H16FNO4S. The van der Waals surface area contributed by atoms with Gasteiger partial charge >= 0.3 is 0 Å². The molecule has 7 heteroatoms. The Labute approximate surface area is 145 Å². The van der Waals surface area contributed by atoms with Crippen LogP contribution < -0.4 is 9.64 Å². The number of ether oxygens (including phenoxy) is 1. The van der Waals surface area contributed by atoms with E-state index in [1.807, 2.05) is 0 Å². The second-order valence-electron chi connectivity index (χ2n) is 5.58. The van der Waals surface area contributed by atoms with E-state index in [1.165, 1.54) is 42.4 Å². The van der Waals surface area contributed by atoms with Crippen molar-refractivity contribution in [1.29, 1.82) is 0 Å². The molecule has 0 bridgehead atoms. The number of nitrogens with zero attached hydrogens (tertiary/aromatic N) is 1. The molecule has 0 fully saturated rings. The average molecular weight is 361 g/mol. The van der Waals surface area contributed by atoms with E-state index in [0.29, 0.717) is 17.0 Å². The van der Waals surface area contributed by atoms with Gasteiger partial charge in [-0.25, -0.2) is 12.8 Å². The van der Waals surface area contributed by atoms with Crippen LogP contribution in [-0.2, 0) is 9.84 Å². The number of anilines is 1. The summed E-state index contributed by atoms with van der Waals surface area (Å²) >= 11 is 0. The minimum atomic E-state index is -3.37. The molecule has 1 aliphatic heterocycles. The molecule has 0 N–H and O–H groups in total. The Bertz CT molecular complexity index is 922. The SMILES string of the molecule is COc1ccccc1C(=O)N(c1ccc(F)cc1)[C@H]1C=CS(=O)(=O)C1. The van der Waals surface area contributed by atoms with Crippen molar-refractivity contribution in [3.05, 3.63) is 71.4 Å². The predicted molar refractivity (Wildman–Crippen MR) is 92.9 cm³/mol. The summed E-state index contributed by atoms with van der Waals surface area (Å²) in [5, 5.41) is 1.10. The molecule has 5 nitrogen and oxygen atoms in total. The van der Waals surface area contributed by atoms with Crippen molar-refractivity contribution in [3.63, 3.8) is 0 Å². The van der Waals surface area contributed by atoms with E-state index >= 15 is 0 Å². The summed E-state index contributed by atoms with van der Waals surface area (Å²) < 4.78 is 42.1.